The topological polar surface area (TPSA) is 32.7 Å². The van der Waals surface area contributed by atoms with E-state index in [1.54, 1.807) is 0 Å². The molecular formula is C11H25NO2. The van der Waals surface area contributed by atoms with Crippen LogP contribution in [-0.2, 0) is 4.74 Å². The van der Waals surface area contributed by atoms with Crippen LogP contribution >= 0.6 is 0 Å². The van der Waals surface area contributed by atoms with Crippen LogP contribution in [0, 0.1) is 5.92 Å². The summed E-state index contributed by atoms with van der Waals surface area (Å²) in [5.74, 6) is 0.649. The van der Waals surface area contributed by atoms with E-state index in [9.17, 15) is 5.11 Å². The maximum Gasteiger partial charge on any atom is 0.156 e. The Kier molecular flexibility index (Phi) is 7.15. The Morgan fingerprint density at radius 2 is 1.79 bits per heavy atom. The van der Waals surface area contributed by atoms with E-state index in [-0.39, 0.29) is 0 Å². The minimum absolute atomic E-state index is 0.400. The fraction of sp³-hybridized carbons (Fsp3) is 1.00. The van der Waals surface area contributed by atoms with Crippen LogP contribution in [0.25, 0.3) is 0 Å². The molecular weight excluding hydrogens is 178 g/mol. The minimum Gasteiger partial charge on any atom is -0.368 e. The molecule has 0 aliphatic heterocycles. The highest BCUT2D eigenvalue weighted by Crippen LogP contribution is 2.14. The van der Waals surface area contributed by atoms with Crippen molar-refractivity contribution in [1.82, 2.24) is 4.90 Å². The van der Waals surface area contributed by atoms with Gasteiger partial charge in [0.25, 0.3) is 0 Å². The molecule has 0 aromatic carbocycles. The number of aliphatic hydroxyl groups excluding tert-OH is 1. The first kappa shape index (κ1) is 13.9. The highest BCUT2D eigenvalue weighted by atomic mass is 16.6. The third kappa shape index (κ3) is 6.35. The fourth-order valence-corrected chi connectivity index (χ4v) is 1.56. The second-order valence-electron chi connectivity index (χ2n) is 4.39. The monoisotopic (exact) mass is 203 g/mol. The summed E-state index contributed by atoms with van der Waals surface area (Å²) >= 11 is 0. The van der Waals surface area contributed by atoms with Gasteiger partial charge in [-0.25, -0.2) is 0 Å². The number of nitrogens with zero attached hydrogens (tertiary/aromatic N) is 1. The van der Waals surface area contributed by atoms with E-state index in [1.807, 2.05) is 21.0 Å². The van der Waals surface area contributed by atoms with Crippen molar-refractivity contribution in [2.45, 2.75) is 45.9 Å². The SMILES string of the molecule is CCOC(O)CC(CC(C)C)N(C)C. The minimum atomic E-state index is -0.619. The second kappa shape index (κ2) is 7.21. The Labute approximate surface area is 88.1 Å². The molecule has 0 spiro atoms. The van der Waals surface area contributed by atoms with Gasteiger partial charge in [0.1, 0.15) is 0 Å². The third-order valence-corrected chi connectivity index (χ3v) is 2.31. The lowest BCUT2D eigenvalue weighted by molar-refractivity contribution is -0.109. The Balaban J connectivity index is 3.95. The number of aliphatic hydroxyl groups is 1. The Morgan fingerprint density at radius 3 is 2.14 bits per heavy atom. The summed E-state index contributed by atoms with van der Waals surface area (Å²) in [6, 6.07) is 0.400. The van der Waals surface area contributed by atoms with Gasteiger partial charge in [0.2, 0.25) is 0 Å². The zero-order chi connectivity index (χ0) is 11.1. The van der Waals surface area contributed by atoms with Crippen molar-refractivity contribution >= 4 is 0 Å². The Hall–Kier alpha value is -0.120. The standard InChI is InChI=1S/C11H25NO2/c1-6-14-11(13)8-10(12(4)5)7-9(2)3/h9-11,13H,6-8H2,1-5H3. The van der Waals surface area contributed by atoms with Crippen molar-refractivity contribution in [2.75, 3.05) is 20.7 Å². The maximum atomic E-state index is 9.53. The molecule has 0 heterocycles. The van der Waals surface area contributed by atoms with Crippen molar-refractivity contribution in [3.05, 3.63) is 0 Å². The molecule has 2 unspecified atom stereocenters. The molecule has 2 atom stereocenters. The third-order valence-electron chi connectivity index (χ3n) is 2.31. The van der Waals surface area contributed by atoms with Crippen molar-refractivity contribution in [1.29, 1.82) is 0 Å². The highest BCUT2D eigenvalue weighted by molar-refractivity contribution is 4.69. The molecule has 0 saturated carbocycles. The molecule has 0 fully saturated rings. The van der Waals surface area contributed by atoms with Crippen LogP contribution in [0.4, 0.5) is 0 Å². The first-order valence-corrected chi connectivity index (χ1v) is 5.43. The molecule has 14 heavy (non-hydrogen) atoms. The van der Waals surface area contributed by atoms with Gasteiger partial charge in [-0.3, -0.25) is 0 Å². The fourth-order valence-electron chi connectivity index (χ4n) is 1.56. The molecule has 0 amide bonds. The van der Waals surface area contributed by atoms with Gasteiger partial charge in [-0.15, -0.1) is 0 Å². The quantitative estimate of drug-likeness (QED) is 0.639. The molecule has 0 saturated heterocycles. The van der Waals surface area contributed by atoms with Crippen LogP contribution in [0.1, 0.15) is 33.6 Å². The molecule has 3 heteroatoms. The van der Waals surface area contributed by atoms with Gasteiger partial charge in [-0.1, -0.05) is 13.8 Å². The van der Waals surface area contributed by atoms with E-state index in [2.05, 4.69) is 18.7 Å². The lowest BCUT2D eigenvalue weighted by Gasteiger charge is -2.27. The molecule has 0 bridgehead atoms. The van der Waals surface area contributed by atoms with Gasteiger partial charge in [-0.05, 0) is 33.4 Å². The van der Waals surface area contributed by atoms with Crippen LogP contribution in [0.3, 0.4) is 0 Å². The molecule has 0 aliphatic rings. The molecule has 0 aliphatic carbocycles. The zero-order valence-corrected chi connectivity index (χ0v) is 10.2. The predicted molar refractivity (Wildman–Crippen MR) is 59.2 cm³/mol. The van der Waals surface area contributed by atoms with Crippen LogP contribution < -0.4 is 0 Å². The summed E-state index contributed by atoms with van der Waals surface area (Å²) < 4.78 is 5.13. The van der Waals surface area contributed by atoms with E-state index in [4.69, 9.17) is 4.74 Å². The first-order chi connectivity index (χ1) is 6.47. The highest BCUT2D eigenvalue weighted by Gasteiger charge is 2.17. The van der Waals surface area contributed by atoms with E-state index in [0.29, 0.717) is 25.0 Å². The predicted octanol–water partition coefficient (Wildman–Crippen LogP) is 1.71. The Morgan fingerprint density at radius 1 is 1.21 bits per heavy atom. The van der Waals surface area contributed by atoms with Crippen molar-refractivity contribution < 1.29 is 9.84 Å². The molecule has 0 aromatic heterocycles. The molecule has 0 radical (unpaired) electrons. The molecule has 1 N–H and O–H groups in total. The summed E-state index contributed by atoms with van der Waals surface area (Å²) in [6.45, 7) is 6.87. The number of ether oxygens (including phenoxy) is 1. The van der Waals surface area contributed by atoms with Gasteiger partial charge in [0.05, 0.1) is 0 Å². The van der Waals surface area contributed by atoms with Crippen LogP contribution in [-0.4, -0.2) is 43.0 Å². The summed E-state index contributed by atoms with van der Waals surface area (Å²) in [5.41, 5.74) is 0. The van der Waals surface area contributed by atoms with Gasteiger partial charge >= 0.3 is 0 Å². The number of hydrogen-bond acceptors (Lipinski definition) is 3. The largest absolute Gasteiger partial charge is 0.368 e. The van der Waals surface area contributed by atoms with Gasteiger partial charge in [0, 0.05) is 19.1 Å². The molecule has 0 aromatic rings. The zero-order valence-electron chi connectivity index (χ0n) is 10.2. The molecule has 3 nitrogen and oxygen atoms in total. The summed E-state index contributed by atoms with van der Waals surface area (Å²) in [7, 11) is 4.09. The van der Waals surface area contributed by atoms with Crippen molar-refractivity contribution in [2.24, 2.45) is 5.92 Å². The first-order valence-electron chi connectivity index (χ1n) is 5.43. The van der Waals surface area contributed by atoms with E-state index in [0.717, 1.165) is 6.42 Å². The van der Waals surface area contributed by atoms with Crippen LogP contribution in [0.15, 0.2) is 0 Å². The summed E-state index contributed by atoms with van der Waals surface area (Å²) in [5, 5.41) is 9.53. The molecule has 0 rings (SSSR count). The van der Waals surface area contributed by atoms with E-state index < -0.39 is 6.29 Å². The van der Waals surface area contributed by atoms with Crippen molar-refractivity contribution in [3.63, 3.8) is 0 Å². The molecule has 86 valence electrons. The normalized spacial score (nSPS) is 16.3. The van der Waals surface area contributed by atoms with Gasteiger partial charge < -0.3 is 14.7 Å². The summed E-state index contributed by atoms with van der Waals surface area (Å²) in [4.78, 5) is 2.16. The average molecular weight is 203 g/mol. The smallest absolute Gasteiger partial charge is 0.156 e. The van der Waals surface area contributed by atoms with Crippen molar-refractivity contribution in [3.8, 4) is 0 Å². The van der Waals surface area contributed by atoms with Gasteiger partial charge in [0.15, 0.2) is 6.29 Å². The van der Waals surface area contributed by atoms with E-state index >= 15 is 0 Å². The average Bonchev–Trinajstić information content (AvgIpc) is 2.02. The lowest BCUT2D eigenvalue weighted by Crippen LogP contribution is -2.33. The van der Waals surface area contributed by atoms with E-state index in [1.165, 1.54) is 0 Å². The lowest BCUT2D eigenvalue weighted by atomic mass is 10.00. The summed E-state index contributed by atoms with van der Waals surface area (Å²) in [6.07, 6.45) is 1.17. The van der Waals surface area contributed by atoms with Crippen LogP contribution in [0.5, 0.6) is 0 Å². The number of hydrogen-bond donors (Lipinski definition) is 1. The van der Waals surface area contributed by atoms with Gasteiger partial charge in [-0.2, -0.15) is 0 Å². The maximum absolute atomic E-state index is 9.53. The second-order valence-corrected chi connectivity index (χ2v) is 4.39. The number of rotatable bonds is 7. The van der Waals surface area contributed by atoms with Crippen LogP contribution in [0.2, 0.25) is 0 Å². The Bertz CT molecular complexity index is 137.